The molecular formula is C13H18N4S. The van der Waals surface area contributed by atoms with Crippen molar-refractivity contribution in [3.8, 4) is 0 Å². The number of imidazole rings is 1. The predicted octanol–water partition coefficient (Wildman–Crippen LogP) is 2.74. The lowest BCUT2D eigenvalue weighted by molar-refractivity contribution is 0.468. The highest BCUT2D eigenvalue weighted by molar-refractivity contribution is 7.13. The SMILES string of the molecule is CCn1ccnc1C1CCN(c2nccs2)CC1. The van der Waals surface area contributed by atoms with E-state index in [0.29, 0.717) is 5.92 Å². The van der Waals surface area contributed by atoms with Crippen LogP contribution in [-0.4, -0.2) is 27.6 Å². The summed E-state index contributed by atoms with van der Waals surface area (Å²) >= 11 is 1.73. The van der Waals surface area contributed by atoms with Crippen LogP contribution in [0.1, 0.15) is 31.5 Å². The lowest BCUT2D eigenvalue weighted by Gasteiger charge is -2.31. The number of piperidine rings is 1. The molecule has 3 heterocycles. The Morgan fingerprint density at radius 2 is 2.11 bits per heavy atom. The van der Waals surface area contributed by atoms with Gasteiger partial charge in [0.2, 0.25) is 0 Å². The molecule has 0 unspecified atom stereocenters. The van der Waals surface area contributed by atoms with Crippen LogP contribution in [0.25, 0.3) is 0 Å². The van der Waals surface area contributed by atoms with Gasteiger partial charge in [0, 0.05) is 49.5 Å². The second kappa shape index (κ2) is 5.10. The first kappa shape index (κ1) is 11.7. The first-order valence-electron chi connectivity index (χ1n) is 6.54. The molecule has 0 aliphatic carbocycles. The van der Waals surface area contributed by atoms with Gasteiger partial charge in [-0.05, 0) is 19.8 Å². The van der Waals surface area contributed by atoms with Crippen molar-refractivity contribution >= 4 is 16.5 Å². The van der Waals surface area contributed by atoms with Gasteiger partial charge in [-0.3, -0.25) is 0 Å². The van der Waals surface area contributed by atoms with E-state index in [9.17, 15) is 0 Å². The molecule has 0 saturated carbocycles. The minimum Gasteiger partial charge on any atom is -0.348 e. The van der Waals surface area contributed by atoms with E-state index >= 15 is 0 Å². The molecule has 0 radical (unpaired) electrons. The lowest BCUT2D eigenvalue weighted by Crippen LogP contribution is -2.33. The van der Waals surface area contributed by atoms with E-state index in [0.717, 1.165) is 24.8 Å². The number of rotatable bonds is 3. The van der Waals surface area contributed by atoms with Crippen molar-refractivity contribution in [2.75, 3.05) is 18.0 Å². The van der Waals surface area contributed by atoms with Gasteiger partial charge >= 0.3 is 0 Å². The zero-order valence-corrected chi connectivity index (χ0v) is 11.4. The van der Waals surface area contributed by atoms with Crippen LogP contribution in [0.2, 0.25) is 0 Å². The van der Waals surface area contributed by atoms with Crippen LogP contribution in [0, 0.1) is 0 Å². The van der Waals surface area contributed by atoms with Crippen LogP contribution >= 0.6 is 11.3 Å². The maximum Gasteiger partial charge on any atom is 0.185 e. The zero-order chi connectivity index (χ0) is 12.4. The molecule has 18 heavy (non-hydrogen) atoms. The number of thiazole rings is 1. The molecule has 96 valence electrons. The Labute approximate surface area is 111 Å². The maximum absolute atomic E-state index is 4.53. The van der Waals surface area contributed by atoms with Gasteiger partial charge in [-0.1, -0.05) is 0 Å². The standard InChI is InChI=1S/C13H18N4S/c1-2-16-9-5-14-12(16)11-3-7-17(8-4-11)13-15-6-10-18-13/h5-6,9-11H,2-4,7-8H2,1H3. The first-order chi connectivity index (χ1) is 8.88. The van der Waals surface area contributed by atoms with Gasteiger partial charge < -0.3 is 9.47 Å². The molecule has 0 spiro atoms. The van der Waals surface area contributed by atoms with Crippen LogP contribution in [0.15, 0.2) is 24.0 Å². The van der Waals surface area contributed by atoms with E-state index in [4.69, 9.17) is 0 Å². The largest absolute Gasteiger partial charge is 0.348 e. The minimum absolute atomic E-state index is 0.608. The van der Waals surface area contributed by atoms with Crippen molar-refractivity contribution in [3.05, 3.63) is 29.8 Å². The Morgan fingerprint density at radius 3 is 2.78 bits per heavy atom. The van der Waals surface area contributed by atoms with E-state index < -0.39 is 0 Å². The second-order valence-corrected chi connectivity index (χ2v) is 5.52. The molecule has 3 rings (SSSR count). The third kappa shape index (κ3) is 2.14. The number of hydrogen-bond donors (Lipinski definition) is 0. The minimum atomic E-state index is 0.608. The smallest absolute Gasteiger partial charge is 0.185 e. The van der Waals surface area contributed by atoms with Gasteiger partial charge in [-0.25, -0.2) is 9.97 Å². The molecule has 1 fully saturated rings. The van der Waals surface area contributed by atoms with Gasteiger partial charge in [0.1, 0.15) is 5.82 Å². The fourth-order valence-electron chi connectivity index (χ4n) is 2.65. The molecule has 0 N–H and O–H groups in total. The normalized spacial score (nSPS) is 17.3. The highest BCUT2D eigenvalue weighted by Crippen LogP contribution is 2.30. The van der Waals surface area contributed by atoms with Gasteiger partial charge in [0.25, 0.3) is 0 Å². The average molecular weight is 262 g/mol. The van der Waals surface area contributed by atoms with Gasteiger partial charge in [-0.15, -0.1) is 11.3 Å². The van der Waals surface area contributed by atoms with Crippen molar-refractivity contribution in [2.24, 2.45) is 0 Å². The Kier molecular flexibility index (Phi) is 3.32. The third-order valence-electron chi connectivity index (χ3n) is 3.64. The van der Waals surface area contributed by atoms with Crippen molar-refractivity contribution < 1.29 is 0 Å². The molecule has 1 saturated heterocycles. The van der Waals surface area contributed by atoms with Gasteiger partial charge in [0.05, 0.1) is 0 Å². The summed E-state index contributed by atoms with van der Waals surface area (Å²) < 4.78 is 2.27. The van der Waals surface area contributed by atoms with Crippen LogP contribution in [-0.2, 0) is 6.54 Å². The fraction of sp³-hybridized carbons (Fsp3) is 0.538. The molecule has 1 aliphatic heterocycles. The zero-order valence-electron chi connectivity index (χ0n) is 10.6. The topological polar surface area (TPSA) is 34.0 Å². The molecule has 2 aromatic heterocycles. The Morgan fingerprint density at radius 1 is 1.28 bits per heavy atom. The van der Waals surface area contributed by atoms with E-state index in [1.165, 1.54) is 18.7 Å². The molecule has 0 bridgehead atoms. The number of aryl methyl sites for hydroxylation is 1. The van der Waals surface area contributed by atoms with Crippen molar-refractivity contribution in [3.63, 3.8) is 0 Å². The van der Waals surface area contributed by atoms with Gasteiger partial charge in [0.15, 0.2) is 5.13 Å². The summed E-state index contributed by atoms with van der Waals surface area (Å²) in [5, 5.41) is 3.21. The average Bonchev–Trinajstić information content (AvgIpc) is 3.10. The number of hydrogen-bond acceptors (Lipinski definition) is 4. The summed E-state index contributed by atoms with van der Waals surface area (Å²) in [4.78, 5) is 11.3. The number of anilines is 1. The Balaban J connectivity index is 1.67. The Bertz CT molecular complexity index is 483. The summed E-state index contributed by atoms with van der Waals surface area (Å²) in [7, 11) is 0. The number of aromatic nitrogens is 3. The number of nitrogens with zero attached hydrogens (tertiary/aromatic N) is 4. The fourth-order valence-corrected chi connectivity index (χ4v) is 3.35. The second-order valence-electron chi connectivity index (χ2n) is 4.65. The molecule has 1 aliphatic rings. The summed E-state index contributed by atoms with van der Waals surface area (Å²) in [6, 6.07) is 0. The lowest BCUT2D eigenvalue weighted by atomic mass is 9.96. The molecule has 4 nitrogen and oxygen atoms in total. The molecular weight excluding hydrogens is 244 g/mol. The monoisotopic (exact) mass is 262 g/mol. The highest BCUT2D eigenvalue weighted by Gasteiger charge is 2.24. The molecule has 0 aromatic carbocycles. The summed E-state index contributed by atoms with van der Waals surface area (Å²) in [5.74, 6) is 1.87. The highest BCUT2D eigenvalue weighted by atomic mass is 32.1. The van der Waals surface area contributed by atoms with E-state index in [-0.39, 0.29) is 0 Å². The van der Waals surface area contributed by atoms with Crippen molar-refractivity contribution in [1.29, 1.82) is 0 Å². The van der Waals surface area contributed by atoms with E-state index in [1.807, 2.05) is 17.8 Å². The Hall–Kier alpha value is -1.36. The molecule has 0 amide bonds. The van der Waals surface area contributed by atoms with Crippen LogP contribution in [0.5, 0.6) is 0 Å². The van der Waals surface area contributed by atoms with E-state index in [2.05, 4.69) is 32.6 Å². The van der Waals surface area contributed by atoms with Crippen LogP contribution in [0.3, 0.4) is 0 Å². The maximum atomic E-state index is 4.53. The summed E-state index contributed by atoms with van der Waals surface area (Å²) in [5.41, 5.74) is 0. The quantitative estimate of drug-likeness (QED) is 0.853. The summed E-state index contributed by atoms with van der Waals surface area (Å²) in [6.45, 7) is 5.38. The molecule has 2 aromatic rings. The van der Waals surface area contributed by atoms with Crippen molar-refractivity contribution in [1.82, 2.24) is 14.5 Å². The third-order valence-corrected chi connectivity index (χ3v) is 4.47. The molecule has 0 atom stereocenters. The van der Waals surface area contributed by atoms with Gasteiger partial charge in [-0.2, -0.15) is 0 Å². The molecule has 5 heteroatoms. The van der Waals surface area contributed by atoms with E-state index in [1.54, 1.807) is 11.3 Å². The van der Waals surface area contributed by atoms with Crippen LogP contribution < -0.4 is 4.90 Å². The van der Waals surface area contributed by atoms with Crippen molar-refractivity contribution in [2.45, 2.75) is 32.2 Å². The predicted molar refractivity (Wildman–Crippen MR) is 74.2 cm³/mol. The summed E-state index contributed by atoms with van der Waals surface area (Å²) in [6.07, 6.45) is 8.25. The van der Waals surface area contributed by atoms with Crippen LogP contribution in [0.4, 0.5) is 5.13 Å². The first-order valence-corrected chi connectivity index (χ1v) is 7.42.